The van der Waals surface area contributed by atoms with Crippen LogP contribution in [0.2, 0.25) is 0 Å². The second-order valence-corrected chi connectivity index (χ2v) is 5.62. The molecule has 0 spiro atoms. The highest BCUT2D eigenvalue weighted by atomic mass is 19.1. The number of hydrogen-bond donors (Lipinski definition) is 1. The minimum absolute atomic E-state index is 0.174. The number of halogens is 1. The van der Waals surface area contributed by atoms with E-state index in [9.17, 15) is 4.39 Å². The zero-order chi connectivity index (χ0) is 14.1. The minimum atomic E-state index is -0.174. The molecule has 2 unspecified atom stereocenters. The van der Waals surface area contributed by atoms with Crippen LogP contribution in [-0.4, -0.2) is 15.6 Å². The SMILES string of the molecule is Cc1c(F)cccc1-n1cncc1C1CCCC(C)N1. The topological polar surface area (TPSA) is 29.9 Å². The third kappa shape index (κ3) is 2.36. The van der Waals surface area contributed by atoms with Crippen LogP contribution < -0.4 is 5.32 Å². The summed E-state index contributed by atoms with van der Waals surface area (Å²) >= 11 is 0. The van der Waals surface area contributed by atoms with E-state index >= 15 is 0 Å². The Morgan fingerprint density at radius 1 is 1.35 bits per heavy atom. The van der Waals surface area contributed by atoms with E-state index in [0.717, 1.165) is 17.8 Å². The van der Waals surface area contributed by atoms with Crippen molar-refractivity contribution < 1.29 is 4.39 Å². The van der Waals surface area contributed by atoms with Gasteiger partial charge in [0, 0.05) is 17.6 Å². The van der Waals surface area contributed by atoms with Crippen molar-refractivity contribution in [3.8, 4) is 5.69 Å². The monoisotopic (exact) mass is 273 g/mol. The van der Waals surface area contributed by atoms with Gasteiger partial charge in [-0.05, 0) is 45.2 Å². The summed E-state index contributed by atoms with van der Waals surface area (Å²) in [5.74, 6) is -0.174. The molecule has 0 amide bonds. The maximum absolute atomic E-state index is 13.8. The van der Waals surface area contributed by atoms with Crippen molar-refractivity contribution in [3.63, 3.8) is 0 Å². The highest BCUT2D eigenvalue weighted by Gasteiger charge is 2.23. The van der Waals surface area contributed by atoms with E-state index in [-0.39, 0.29) is 5.82 Å². The van der Waals surface area contributed by atoms with E-state index in [4.69, 9.17) is 0 Å². The summed E-state index contributed by atoms with van der Waals surface area (Å²) in [6.07, 6.45) is 7.19. The molecular formula is C16H20FN3. The molecule has 1 fully saturated rings. The minimum Gasteiger partial charge on any atom is -0.306 e. The third-order valence-corrected chi connectivity index (χ3v) is 4.14. The van der Waals surface area contributed by atoms with Crippen LogP contribution in [0.5, 0.6) is 0 Å². The van der Waals surface area contributed by atoms with Crippen molar-refractivity contribution in [1.82, 2.24) is 14.9 Å². The maximum Gasteiger partial charge on any atom is 0.128 e. The van der Waals surface area contributed by atoms with Gasteiger partial charge < -0.3 is 9.88 Å². The first-order valence-corrected chi connectivity index (χ1v) is 7.20. The van der Waals surface area contributed by atoms with Gasteiger partial charge in [0.2, 0.25) is 0 Å². The van der Waals surface area contributed by atoms with E-state index < -0.39 is 0 Å². The fraction of sp³-hybridized carbons (Fsp3) is 0.438. The second kappa shape index (κ2) is 5.37. The largest absolute Gasteiger partial charge is 0.306 e. The lowest BCUT2D eigenvalue weighted by Gasteiger charge is -2.29. The summed E-state index contributed by atoms with van der Waals surface area (Å²) in [5, 5.41) is 3.61. The highest BCUT2D eigenvalue weighted by Crippen LogP contribution is 2.28. The quantitative estimate of drug-likeness (QED) is 0.907. The van der Waals surface area contributed by atoms with Crippen molar-refractivity contribution in [2.24, 2.45) is 0 Å². The summed E-state index contributed by atoms with van der Waals surface area (Å²) in [5.41, 5.74) is 2.65. The van der Waals surface area contributed by atoms with Crippen LogP contribution >= 0.6 is 0 Å². The molecule has 1 aliphatic rings. The van der Waals surface area contributed by atoms with Crippen LogP contribution in [0.15, 0.2) is 30.7 Å². The molecule has 1 saturated heterocycles. The normalized spacial score (nSPS) is 22.9. The Hall–Kier alpha value is -1.68. The molecule has 106 valence electrons. The fourth-order valence-electron chi connectivity index (χ4n) is 2.99. The van der Waals surface area contributed by atoms with E-state index in [1.165, 1.54) is 18.9 Å². The lowest BCUT2D eigenvalue weighted by atomic mass is 9.97. The number of aromatic nitrogens is 2. The van der Waals surface area contributed by atoms with Crippen molar-refractivity contribution in [1.29, 1.82) is 0 Å². The molecule has 1 N–H and O–H groups in total. The molecule has 20 heavy (non-hydrogen) atoms. The Balaban J connectivity index is 1.99. The predicted molar refractivity (Wildman–Crippen MR) is 77.4 cm³/mol. The third-order valence-electron chi connectivity index (χ3n) is 4.14. The fourth-order valence-corrected chi connectivity index (χ4v) is 2.99. The number of nitrogens with zero attached hydrogens (tertiary/aromatic N) is 2. The first-order valence-electron chi connectivity index (χ1n) is 7.20. The van der Waals surface area contributed by atoms with E-state index in [2.05, 4.69) is 17.2 Å². The van der Waals surface area contributed by atoms with Crippen molar-refractivity contribution in [2.75, 3.05) is 0 Å². The Bertz CT molecular complexity index is 606. The van der Waals surface area contributed by atoms with Gasteiger partial charge >= 0.3 is 0 Å². The molecule has 0 aliphatic carbocycles. The van der Waals surface area contributed by atoms with Gasteiger partial charge in [-0.25, -0.2) is 9.37 Å². The lowest BCUT2D eigenvalue weighted by molar-refractivity contribution is 0.334. The van der Waals surface area contributed by atoms with Crippen LogP contribution in [-0.2, 0) is 0 Å². The van der Waals surface area contributed by atoms with Crippen LogP contribution in [0, 0.1) is 12.7 Å². The molecule has 1 aromatic carbocycles. The zero-order valence-electron chi connectivity index (χ0n) is 11.9. The summed E-state index contributed by atoms with van der Waals surface area (Å²) < 4.78 is 15.8. The van der Waals surface area contributed by atoms with Gasteiger partial charge in [0.25, 0.3) is 0 Å². The molecule has 1 aliphatic heterocycles. The molecule has 0 radical (unpaired) electrons. The molecule has 1 aromatic heterocycles. The first-order chi connectivity index (χ1) is 9.66. The molecule has 3 nitrogen and oxygen atoms in total. The number of piperidine rings is 1. The number of rotatable bonds is 2. The summed E-state index contributed by atoms with van der Waals surface area (Å²) in [6, 6.07) is 6.00. The average Bonchev–Trinajstić information content (AvgIpc) is 2.91. The number of hydrogen-bond acceptors (Lipinski definition) is 2. The summed E-state index contributed by atoms with van der Waals surface area (Å²) in [4.78, 5) is 4.27. The van der Waals surface area contributed by atoms with Gasteiger partial charge in [0.1, 0.15) is 5.82 Å². The zero-order valence-corrected chi connectivity index (χ0v) is 11.9. The van der Waals surface area contributed by atoms with E-state index in [1.54, 1.807) is 12.4 Å². The molecular weight excluding hydrogens is 253 g/mol. The lowest BCUT2D eigenvalue weighted by Crippen LogP contribution is -2.35. The molecule has 3 rings (SSSR count). The molecule has 2 aromatic rings. The Morgan fingerprint density at radius 2 is 2.20 bits per heavy atom. The average molecular weight is 273 g/mol. The number of imidazole rings is 1. The Morgan fingerprint density at radius 3 is 3.00 bits per heavy atom. The van der Waals surface area contributed by atoms with Gasteiger partial charge in [0.05, 0.1) is 23.9 Å². The van der Waals surface area contributed by atoms with Gasteiger partial charge in [0.15, 0.2) is 0 Å². The summed E-state index contributed by atoms with van der Waals surface area (Å²) in [7, 11) is 0. The smallest absolute Gasteiger partial charge is 0.128 e. The van der Waals surface area contributed by atoms with Gasteiger partial charge in [-0.15, -0.1) is 0 Å². The Kier molecular flexibility index (Phi) is 3.57. The van der Waals surface area contributed by atoms with Gasteiger partial charge in [-0.3, -0.25) is 0 Å². The Labute approximate surface area is 118 Å². The molecule has 0 bridgehead atoms. The van der Waals surface area contributed by atoms with E-state index in [0.29, 0.717) is 17.6 Å². The van der Waals surface area contributed by atoms with E-state index in [1.807, 2.05) is 23.8 Å². The molecule has 2 heterocycles. The van der Waals surface area contributed by atoms with Crippen LogP contribution in [0.3, 0.4) is 0 Å². The predicted octanol–water partition coefficient (Wildman–Crippen LogP) is 3.52. The van der Waals surface area contributed by atoms with Crippen molar-refractivity contribution in [2.45, 2.75) is 45.2 Å². The van der Waals surface area contributed by atoms with Crippen LogP contribution in [0.25, 0.3) is 5.69 Å². The summed E-state index contributed by atoms with van der Waals surface area (Å²) in [6.45, 7) is 4.02. The molecule has 0 saturated carbocycles. The maximum atomic E-state index is 13.8. The van der Waals surface area contributed by atoms with Gasteiger partial charge in [-0.2, -0.15) is 0 Å². The number of nitrogens with one attached hydrogen (secondary N) is 1. The first kappa shape index (κ1) is 13.3. The van der Waals surface area contributed by atoms with Crippen molar-refractivity contribution >= 4 is 0 Å². The molecule has 4 heteroatoms. The van der Waals surface area contributed by atoms with Crippen molar-refractivity contribution in [3.05, 3.63) is 47.8 Å². The standard InChI is InChI=1S/C16H20FN3/c1-11-5-3-7-14(19-11)16-9-18-10-20(16)15-8-4-6-13(17)12(15)2/h4,6,8-11,14,19H,3,5,7H2,1-2H3. The van der Waals surface area contributed by atoms with Crippen LogP contribution in [0.4, 0.5) is 4.39 Å². The van der Waals surface area contributed by atoms with Gasteiger partial charge in [-0.1, -0.05) is 6.07 Å². The highest BCUT2D eigenvalue weighted by molar-refractivity contribution is 5.42. The van der Waals surface area contributed by atoms with Crippen LogP contribution in [0.1, 0.15) is 43.5 Å². The molecule has 2 atom stereocenters. The number of benzene rings is 1. The second-order valence-electron chi connectivity index (χ2n) is 5.62.